The number of nitrogens with zero attached hydrogens (tertiary/aromatic N) is 4. The minimum absolute atomic E-state index is 0.0650. The van der Waals surface area contributed by atoms with E-state index in [1.165, 1.54) is 18.3 Å². The molecule has 0 bridgehead atoms. The molecular weight excluding hydrogens is 418 g/mol. The topological polar surface area (TPSA) is 132 Å². The van der Waals surface area contributed by atoms with Gasteiger partial charge >= 0.3 is 0 Å². The van der Waals surface area contributed by atoms with Crippen molar-refractivity contribution in [2.24, 2.45) is 0 Å². The quantitative estimate of drug-likeness (QED) is 0.498. The second-order valence-corrected chi connectivity index (χ2v) is 9.20. The van der Waals surface area contributed by atoms with Gasteiger partial charge in [-0.15, -0.1) is 0 Å². The van der Waals surface area contributed by atoms with Crippen LogP contribution in [0.1, 0.15) is 18.4 Å². The maximum Gasteiger partial charge on any atom is 0.240 e. The standard InChI is InChI=1S/C20H27N7O3S/c1-27(2)10-9-22-19-15(12-21)13-23-20(26-19)25-16-5-7-18(8-6-16)31(28,29)24-14-17-4-3-11-30-17/h5-8,13,17,24H,3-4,9-11,14H2,1-2H3,(H2,22,23,25,26). The molecule has 1 aliphatic heterocycles. The molecule has 1 atom stereocenters. The Hall–Kier alpha value is -2.78. The number of ether oxygens (including phenoxy) is 1. The first kappa shape index (κ1) is 22.9. The van der Waals surface area contributed by atoms with E-state index < -0.39 is 10.0 Å². The number of sulfonamides is 1. The SMILES string of the molecule is CN(C)CCNc1nc(Nc2ccc(S(=O)(=O)NCC3CCCO3)cc2)ncc1C#N. The van der Waals surface area contributed by atoms with Crippen molar-refractivity contribution in [1.82, 2.24) is 19.6 Å². The zero-order chi connectivity index (χ0) is 22.3. The highest BCUT2D eigenvalue weighted by Gasteiger charge is 2.20. The van der Waals surface area contributed by atoms with E-state index in [4.69, 9.17) is 4.74 Å². The molecule has 1 aromatic heterocycles. The highest BCUT2D eigenvalue weighted by atomic mass is 32.2. The minimum Gasteiger partial charge on any atom is -0.377 e. The maximum absolute atomic E-state index is 12.5. The number of nitrogens with one attached hydrogen (secondary N) is 3. The number of aromatic nitrogens is 2. The van der Waals surface area contributed by atoms with E-state index in [0.717, 1.165) is 19.4 Å². The molecule has 166 valence electrons. The summed E-state index contributed by atoms with van der Waals surface area (Å²) in [5.41, 5.74) is 0.977. The summed E-state index contributed by atoms with van der Waals surface area (Å²) in [4.78, 5) is 10.7. The highest BCUT2D eigenvalue weighted by molar-refractivity contribution is 7.89. The summed E-state index contributed by atoms with van der Waals surface area (Å²) in [6.45, 7) is 2.36. The number of likely N-dealkylation sites (N-methyl/N-ethyl adjacent to an activating group) is 1. The Balaban J connectivity index is 1.64. The van der Waals surface area contributed by atoms with Gasteiger partial charge in [-0.2, -0.15) is 10.2 Å². The van der Waals surface area contributed by atoms with E-state index in [2.05, 4.69) is 31.4 Å². The van der Waals surface area contributed by atoms with Crippen LogP contribution in [0.4, 0.5) is 17.5 Å². The Morgan fingerprint density at radius 3 is 2.71 bits per heavy atom. The lowest BCUT2D eigenvalue weighted by molar-refractivity contribution is 0.114. The predicted octanol–water partition coefficient (Wildman–Crippen LogP) is 1.52. The highest BCUT2D eigenvalue weighted by Crippen LogP contribution is 2.19. The third-order valence-corrected chi connectivity index (χ3v) is 6.15. The first-order valence-corrected chi connectivity index (χ1v) is 11.5. The molecule has 10 nitrogen and oxygen atoms in total. The van der Waals surface area contributed by atoms with Gasteiger partial charge in [0, 0.05) is 31.9 Å². The van der Waals surface area contributed by atoms with Gasteiger partial charge in [0.15, 0.2) is 0 Å². The fourth-order valence-electron chi connectivity index (χ4n) is 2.99. The zero-order valence-electron chi connectivity index (χ0n) is 17.6. The van der Waals surface area contributed by atoms with Crippen molar-refractivity contribution in [3.05, 3.63) is 36.0 Å². The Kier molecular flexibility index (Phi) is 7.75. The van der Waals surface area contributed by atoms with Crippen LogP contribution in [0.3, 0.4) is 0 Å². The Labute approximate surface area is 182 Å². The summed E-state index contributed by atoms with van der Waals surface area (Å²) in [7, 11) is 0.311. The van der Waals surface area contributed by atoms with Crippen LogP contribution in [-0.4, -0.2) is 69.7 Å². The number of hydrogen-bond acceptors (Lipinski definition) is 9. The van der Waals surface area contributed by atoms with Gasteiger partial charge in [-0.05, 0) is 51.2 Å². The fourth-order valence-corrected chi connectivity index (χ4v) is 4.06. The lowest BCUT2D eigenvalue weighted by Crippen LogP contribution is -2.31. The predicted molar refractivity (Wildman–Crippen MR) is 118 cm³/mol. The molecule has 0 radical (unpaired) electrons. The lowest BCUT2D eigenvalue weighted by Gasteiger charge is -2.13. The molecule has 1 unspecified atom stereocenters. The van der Waals surface area contributed by atoms with Crippen LogP contribution < -0.4 is 15.4 Å². The van der Waals surface area contributed by atoms with Crippen molar-refractivity contribution in [3.8, 4) is 6.07 Å². The van der Waals surface area contributed by atoms with Crippen LogP contribution >= 0.6 is 0 Å². The summed E-state index contributed by atoms with van der Waals surface area (Å²) >= 11 is 0. The first-order chi connectivity index (χ1) is 14.9. The van der Waals surface area contributed by atoms with E-state index in [0.29, 0.717) is 36.2 Å². The van der Waals surface area contributed by atoms with Gasteiger partial charge < -0.3 is 20.3 Å². The average molecular weight is 446 g/mol. The maximum atomic E-state index is 12.5. The van der Waals surface area contributed by atoms with Crippen molar-refractivity contribution in [2.45, 2.75) is 23.8 Å². The molecule has 31 heavy (non-hydrogen) atoms. The molecule has 0 spiro atoms. The lowest BCUT2D eigenvalue weighted by atomic mass is 10.2. The summed E-state index contributed by atoms with van der Waals surface area (Å²) in [6, 6.07) is 8.38. The van der Waals surface area contributed by atoms with Gasteiger partial charge in [0.2, 0.25) is 16.0 Å². The molecule has 1 fully saturated rings. The van der Waals surface area contributed by atoms with Crippen molar-refractivity contribution in [3.63, 3.8) is 0 Å². The van der Waals surface area contributed by atoms with E-state index in [1.807, 2.05) is 19.0 Å². The normalized spacial score (nSPS) is 16.3. The summed E-state index contributed by atoms with van der Waals surface area (Å²) < 4.78 is 33.0. The van der Waals surface area contributed by atoms with Crippen LogP contribution in [-0.2, 0) is 14.8 Å². The Morgan fingerprint density at radius 2 is 2.06 bits per heavy atom. The Bertz CT molecular complexity index is 1010. The van der Waals surface area contributed by atoms with Crippen molar-refractivity contribution < 1.29 is 13.2 Å². The fraction of sp³-hybridized carbons (Fsp3) is 0.450. The van der Waals surface area contributed by atoms with E-state index in [9.17, 15) is 13.7 Å². The second-order valence-electron chi connectivity index (χ2n) is 7.43. The average Bonchev–Trinajstić information content (AvgIpc) is 3.27. The van der Waals surface area contributed by atoms with Gasteiger partial charge in [-0.1, -0.05) is 0 Å². The molecule has 0 amide bonds. The molecule has 1 aliphatic rings. The molecular formula is C20H27N7O3S. The third-order valence-electron chi connectivity index (χ3n) is 4.71. The van der Waals surface area contributed by atoms with Crippen molar-refractivity contribution >= 4 is 27.5 Å². The molecule has 0 saturated carbocycles. The van der Waals surface area contributed by atoms with E-state index in [1.54, 1.807) is 12.1 Å². The molecule has 1 aromatic carbocycles. The first-order valence-electron chi connectivity index (χ1n) is 10.0. The molecule has 11 heteroatoms. The van der Waals surface area contributed by atoms with Gasteiger partial charge in [-0.25, -0.2) is 18.1 Å². The van der Waals surface area contributed by atoms with Crippen LogP contribution in [0, 0.1) is 11.3 Å². The number of hydrogen-bond donors (Lipinski definition) is 3. The Morgan fingerprint density at radius 1 is 1.29 bits per heavy atom. The van der Waals surface area contributed by atoms with E-state index >= 15 is 0 Å². The molecule has 2 aromatic rings. The molecule has 1 saturated heterocycles. The molecule has 3 N–H and O–H groups in total. The number of nitriles is 1. The molecule has 2 heterocycles. The minimum atomic E-state index is -3.61. The largest absolute Gasteiger partial charge is 0.377 e. The molecule has 0 aliphatic carbocycles. The summed E-state index contributed by atoms with van der Waals surface area (Å²) in [5, 5.41) is 15.4. The van der Waals surface area contributed by atoms with Gasteiger partial charge in [0.25, 0.3) is 0 Å². The van der Waals surface area contributed by atoms with Crippen LogP contribution in [0.2, 0.25) is 0 Å². The molecule has 3 rings (SSSR count). The number of benzene rings is 1. The van der Waals surface area contributed by atoms with Crippen LogP contribution in [0.25, 0.3) is 0 Å². The van der Waals surface area contributed by atoms with Gasteiger partial charge in [-0.3, -0.25) is 0 Å². The third kappa shape index (κ3) is 6.60. The van der Waals surface area contributed by atoms with Gasteiger partial charge in [0.05, 0.1) is 17.2 Å². The summed E-state index contributed by atoms with van der Waals surface area (Å²) in [6.07, 6.45) is 3.20. The van der Waals surface area contributed by atoms with Crippen LogP contribution in [0.15, 0.2) is 35.4 Å². The number of rotatable bonds is 10. The van der Waals surface area contributed by atoms with Crippen molar-refractivity contribution in [1.29, 1.82) is 5.26 Å². The van der Waals surface area contributed by atoms with Gasteiger partial charge in [0.1, 0.15) is 17.5 Å². The zero-order valence-corrected chi connectivity index (χ0v) is 18.4. The number of anilines is 3. The second kappa shape index (κ2) is 10.5. The summed E-state index contributed by atoms with van der Waals surface area (Å²) in [5.74, 6) is 0.748. The van der Waals surface area contributed by atoms with Crippen LogP contribution in [0.5, 0.6) is 0 Å². The van der Waals surface area contributed by atoms with E-state index in [-0.39, 0.29) is 17.5 Å². The smallest absolute Gasteiger partial charge is 0.240 e. The van der Waals surface area contributed by atoms with Crippen molar-refractivity contribution in [2.75, 3.05) is 51.0 Å². The monoisotopic (exact) mass is 445 g/mol.